The highest BCUT2D eigenvalue weighted by Crippen LogP contribution is 2.25. The summed E-state index contributed by atoms with van der Waals surface area (Å²) in [6, 6.07) is 0. The van der Waals surface area contributed by atoms with Gasteiger partial charge in [0.25, 0.3) is 0 Å². The second-order valence-electron chi connectivity index (χ2n) is 6.95. The van der Waals surface area contributed by atoms with E-state index in [-0.39, 0.29) is 6.42 Å². The molecule has 1 rings (SSSR count). The van der Waals surface area contributed by atoms with E-state index < -0.39 is 36.5 Å². The molecule has 0 aromatic rings. The average Bonchev–Trinajstić information content (AvgIpc) is 2.97. The predicted molar refractivity (Wildman–Crippen MR) is 99.8 cm³/mol. The van der Waals surface area contributed by atoms with E-state index in [1.54, 1.807) is 12.2 Å². The molecular weight excluding hydrogens is 336 g/mol. The second kappa shape index (κ2) is 13.0. The van der Waals surface area contributed by atoms with Crippen LogP contribution in [0.4, 0.5) is 0 Å². The van der Waals surface area contributed by atoms with Gasteiger partial charge in [-0.25, -0.2) is 0 Å². The Morgan fingerprint density at radius 1 is 1.23 bits per heavy atom. The molecule has 0 amide bonds. The van der Waals surface area contributed by atoms with E-state index in [4.69, 9.17) is 9.84 Å². The third-order valence-corrected chi connectivity index (χ3v) is 4.55. The van der Waals surface area contributed by atoms with Crippen LogP contribution in [0.15, 0.2) is 24.3 Å². The van der Waals surface area contributed by atoms with Crippen LogP contribution in [-0.2, 0) is 9.53 Å². The molecular formula is C20H34O6. The van der Waals surface area contributed by atoms with E-state index in [2.05, 4.69) is 6.92 Å². The van der Waals surface area contributed by atoms with Gasteiger partial charge < -0.3 is 25.2 Å². The van der Waals surface area contributed by atoms with Gasteiger partial charge in [0.15, 0.2) is 0 Å². The summed E-state index contributed by atoms with van der Waals surface area (Å²) in [7, 11) is 0. The number of hydrogen-bond acceptors (Lipinski definition) is 5. The molecule has 0 aliphatic carbocycles. The zero-order valence-electron chi connectivity index (χ0n) is 15.7. The highest BCUT2D eigenvalue weighted by molar-refractivity contribution is 5.66. The maximum Gasteiger partial charge on any atom is 0.303 e. The highest BCUT2D eigenvalue weighted by Gasteiger charge is 2.35. The molecule has 1 heterocycles. The first-order valence-electron chi connectivity index (χ1n) is 9.68. The minimum Gasteiger partial charge on any atom is -0.481 e. The molecule has 4 N–H and O–H groups in total. The number of allylic oxidation sites excluding steroid dienone is 1. The van der Waals surface area contributed by atoms with Crippen molar-refractivity contribution < 1.29 is 30.0 Å². The van der Waals surface area contributed by atoms with Crippen LogP contribution in [0, 0.1) is 0 Å². The molecule has 0 saturated carbocycles. The molecule has 0 bridgehead atoms. The number of ether oxygens (including phenoxy) is 1. The Kier molecular flexibility index (Phi) is 11.4. The lowest BCUT2D eigenvalue weighted by molar-refractivity contribution is -0.137. The van der Waals surface area contributed by atoms with Gasteiger partial charge in [-0.2, -0.15) is 0 Å². The number of unbranched alkanes of at least 4 members (excludes halogenated alkanes) is 3. The third kappa shape index (κ3) is 9.48. The first-order valence-corrected chi connectivity index (χ1v) is 9.68. The average molecular weight is 370 g/mol. The minimum atomic E-state index is -0.804. The lowest BCUT2D eigenvalue weighted by Crippen LogP contribution is -2.25. The minimum absolute atomic E-state index is 0.142. The molecule has 1 aliphatic heterocycles. The van der Waals surface area contributed by atoms with Crippen molar-refractivity contribution >= 4 is 5.97 Å². The lowest BCUT2D eigenvalue weighted by Gasteiger charge is -2.16. The van der Waals surface area contributed by atoms with Crippen molar-refractivity contribution in [2.45, 2.75) is 95.2 Å². The molecule has 0 radical (unpaired) electrons. The number of carboxylic acid groups (broad SMARTS) is 1. The van der Waals surface area contributed by atoms with E-state index in [1.165, 1.54) is 0 Å². The molecule has 5 atom stereocenters. The van der Waals surface area contributed by atoms with Gasteiger partial charge in [-0.1, -0.05) is 50.5 Å². The Morgan fingerprint density at radius 3 is 2.69 bits per heavy atom. The van der Waals surface area contributed by atoms with E-state index in [0.717, 1.165) is 19.3 Å². The van der Waals surface area contributed by atoms with Gasteiger partial charge in [-0.05, 0) is 25.7 Å². The number of carbonyl (C=O) groups is 1. The van der Waals surface area contributed by atoms with Crippen molar-refractivity contribution in [2.75, 3.05) is 0 Å². The predicted octanol–water partition coefficient (Wildman–Crippen LogP) is 2.56. The van der Waals surface area contributed by atoms with Crippen LogP contribution in [0.1, 0.15) is 64.7 Å². The Bertz CT molecular complexity index is 448. The van der Waals surface area contributed by atoms with Gasteiger partial charge >= 0.3 is 5.97 Å². The standard InChI is InChI=1S/C20H34O6/c1-2-3-6-9-15(21)12-13-18-17(23)14-19(26-18)16(22)10-7-4-5-8-11-20(24)25/h4,7,12-13,15-19,21-23H,2-3,5-6,8-11,14H2,1H3,(H,24,25)/b7-4-,13-12+/t15-,16+,17+,18-,19-/m0/s1. The molecule has 1 fully saturated rings. The van der Waals surface area contributed by atoms with Gasteiger partial charge in [0.05, 0.1) is 24.4 Å². The monoisotopic (exact) mass is 370 g/mol. The van der Waals surface area contributed by atoms with Crippen molar-refractivity contribution in [2.24, 2.45) is 0 Å². The Morgan fingerprint density at radius 2 is 2.00 bits per heavy atom. The Balaban J connectivity index is 2.30. The number of hydrogen-bond donors (Lipinski definition) is 4. The molecule has 1 saturated heterocycles. The van der Waals surface area contributed by atoms with E-state index >= 15 is 0 Å². The maximum absolute atomic E-state index is 10.4. The van der Waals surface area contributed by atoms with Crippen LogP contribution in [0.2, 0.25) is 0 Å². The quantitative estimate of drug-likeness (QED) is 0.293. The van der Waals surface area contributed by atoms with Crippen molar-refractivity contribution in [3.05, 3.63) is 24.3 Å². The van der Waals surface area contributed by atoms with E-state index in [0.29, 0.717) is 32.1 Å². The van der Waals surface area contributed by atoms with E-state index in [9.17, 15) is 20.1 Å². The summed E-state index contributed by atoms with van der Waals surface area (Å²) in [5.74, 6) is -0.804. The van der Waals surface area contributed by atoms with Gasteiger partial charge in [0, 0.05) is 12.8 Å². The van der Waals surface area contributed by atoms with Crippen LogP contribution < -0.4 is 0 Å². The molecule has 0 aromatic heterocycles. The first kappa shape index (κ1) is 22.8. The zero-order chi connectivity index (χ0) is 19.4. The summed E-state index contributed by atoms with van der Waals surface area (Å²) in [5.41, 5.74) is 0. The molecule has 6 heteroatoms. The van der Waals surface area contributed by atoms with Crippen LogP contribution in [0.5, 0.6) is 0 Å². The van der Waals surface area contributed by atoms with Crippen LogP contribution in [0.3, 0.4) is 0 Å². The largest absolute Gasteiger partial charge is 0.481 e. The second-order valence-corrected chi connectivity index (χ2v) is 6.95. The van der Waals surface area contributed by atoms with Crippen molar-refractivity contribution in [1.82, 2.24) is 0 Å². The molecule has 0 unspecified atom stereocenters. The Hall–Kier alpha value is -1.21. The van der Waals surface area contributed by atoms with Crippen molar-refractivity contribution in [3.63, 3.8) is 0 Å². The summed E-state index contributed by atoms with van der Waals surface area (Å²) in [6.07, 6.45) is 10.2. The fourth-order valence-corrected chi connectivity index (χ4v) is 2.96. The summed E-state index contributed by atoms with van der Waals surface area (Å²) < 4.78 is 5.71. The molecule has 150 valence electrons. The smallest absolute Gasteiger partial charge is 0.303 e. The number of aliphatic hydroxyl groups is 3. The van der Waals surface area contributed by atoms with Crippen LogP contribution in [-0.4, -0.2) is 56.9 Å². The van der Waals surface area contributed by atoms with Crippen molar-refractivity contribution in [3.8, 4) is 0 Å². The molecule has 26 heavy (non-hydrogen) atoms. The molecule has 6 nitrogen and oxygen atoms in total. The zero-order valence-corrected chi connectivity index (χ0v) is 15.7. The number of carboxylic acids is 1. The van der Waals surface area contributed by atoms with Gasteiger partial charge in [0.2, 0.25) is 0 Å². The van der Waals surface area contributed by atoms with Gasteiger partial charge in [-0.15, -0.1) is 0 Å². The maximum atomic E-state index is 10.4. The molecule has 0 aromatic carbocycles. The fourth-order valence-electron chi connectivity index (χ4n) is 2.96. The third-order valence-electron chi connectivity index (χ3n) is 4.55. The number of aliphatic carboxylic acids is 1. The fraction of sp³-hybridized carbons (Fsp3) is 0.750. The van der Waals surface area contributed by atoms with Crippen LogP contribution >= 0.6 is 0 Å². The Labute approximate surface area is 156 Å². The van der Waals surface area contributed by atoms with E-state index in [1.807, 2.05) is 12.2 Å². The van der Waals surface area contributed by atoms with Gasteiger partial charge in [-0.3, -0.25) is 4.79 Å². The van der Waals surface area contributed by atoms with Crippen molar-refractivity contribution in [1.29, 1.82) is 0 Å². The summed E-state index contributed by atoms with van der Waals surface area (Å²) in [4.78, 5) is 10.4. The van der Waals surface area contributed by atoms with Crippen LogP contribution in [0.25, 0.3) is 0 Å². The lowest BCUT2D eigenvalue weighted by atomic mass is 10.0. The number of rotatable bonds is 13. The van der Waals surface area contributed by atoms with Gasteiger partial charge in [0.1, 0.15) is 6.10 Å². The normalized spacial score (nSPS) is 25.9. The number of aliphatic hydroxyl groups excluding tert-OH is 3. The first-order chi connectivity index (χ1) is 12.4. The molecule has 0 spiro atoms. The summed E-state index contributed by atoms with van der Waals surface area (Å²) in [6.45, 7) is 2.11. The SMILES string of the molecule is CCCCC[C@H](O)/C=C/[C@@H]1O[C@H]([C@H](O)C/C=C\CCCC(=O)O)C[C@H]1O. The molecule has 1 aliphatic rings. The topological polar surface area (TPSA) is 107 Å². The summed E-state index contributed by atoms with van der Waals surface area (Å²) in [5, 5.41) is 38.7. The highest BCUT2D eigenvalue weighted by atomic mass is 16.5. The summed E-state index contributed by atoms with van der Waals surface area (Å²) >= 11 is 0.